The second kappa shape index (κ2) is 7.57. The minimum Gasteiger partial charge on any atom is -0.496 e. The number of rotatable bonds is 5. The number of nitrogens with zero attached hydrogens (tertiary/aromatic N) is 1. The first-order chi connectivity index (χ1) is 12.1. The van der Waals surface area contributed by atoms with Crippen molar-refractivity contribution < 1.29 is 19.1 Å². The summed E-state index contributed by atoms with van der Waals surface area (Å²) in [5.41, 5.74) is 2.21. The maximum atomic E-state index is 12.3. The highest BCUT2D eigenvalue weighted by atomic mass is 79.9. The van der Waals surface area contributed by atoms with Gasteiger partial charge in [0.1, 0.15) is 12.4 Å². The van der Waals surface area contributed by atoms with E-state index in [9.17, 15) is 9.59 Å². The molecule has 0 aliphatic carbocycles. The molecule has 130 valence electrons. The van der Waals surface area contributed by atoms with E-state index in [2.05, 4.69) is 21.2 Å². The first-order valence-electron chi connectivity index (χ1n) is 7.73. The Bertz CT molecular complexity index is 792. The molecule has 0 bridgehead atoms. The summed E-state index contributed by atoms with van der Waals surface area (Å²) < 4.78 is 10.9. The predicted molar refractivity (Wildman–Crippen MR) is 97.0 cm³/mol. The lowest BCUT2D eigenvalue weighted by atomic mass is 10.1. The van der Waals surface area contributed by atoms with E-state index in [-0.39, 0.29) is 12.0 Å². The third kappa shape index (κ3) is 3.93. The number of carbonyl (C=O) groups is 2. The number of ether oxygens (including phenoxy) is 2. The van der Waals surface area contributed by atoms with Crippen molar-refractivity contribution in [2.45, 2.75) is 6.54 Å². The van der Waals surface area contributed by atoms with Gasteiger partial charge in [-0.25, -0.2) is 4.79 Å². The van der Waals surface area contributed by atoms with Gasteiger partial charge in [-0.05, 0) is 57.9 Å². The molecular weight excluding hydrogens is 388 g/mol. The van der Waals surface area contributed by atoms with Crippen LogP contribution in [-0.2, 0) is 11.3 Å². The minimum atomic E-state index is -0.359. The zero-order chi connectivity index (χ0) is 17.8. The summed E-state index contributed by atoms with van der Waals surface area (Å²) in [6.07, 6.45) is -0.359. The standard InChI is InChI=1S/C18H17BrN2O4/c1-24-16-7-2-12(10-15(16)19)11-20-17(22)13-3-5-14(6-4-13)21-8-9-25-18(21)23/h2-7,10H,8-9,11H2,1H3,(H,20,22). The second-order valence-electron chi connectivity index (χ2n) is 5.46. The number of carbonyl (C=O) groups excluding carboxylic acids is 2. The maximum absolute atomic E-state index is 12.3. The van der Waals surface area contributed by atoms with Crippen molar-refractivity contribution in [3.8, 4) is 5.75 Å². The van der Waals surface area contributed by atoms with Gasteiger partial charge in [0.05, 0.1) is 18.1 Å². The number of anilines is 1. The molecule has 0 aromatic heterocycles. The number of halogens is 1. The molecule has 0 spiro atoms. The number of nitrogens with one attached hydrogen (secondary N) is 1. The normalized spacial score (nSPS) is 13.5. The number of hydrogen-bond acceptors (Lipinski definition) is 4. The second-order valence-corrected chi connectivity index (χ2v) is 6.32. The fraction of sp³-hybridized carbons (Fsp3) is 0.222. The molecule has 2 aromatic rings. The van der Waals surface area contributed by atoms with Crippen molar-refractivity contribution in [3.05, 3.63) is 58.1 Å². The molecule has 2 amide bonds. The highest BCUT2D eigenvalue weighted by Gasteiger charge is 2.23. The Morgan fingerprint density at radius 2 is 2.04 bits per heavy atom. The molecule has 1 N–H and O–H groups in total. The first-order valence-corrected chi connectivity index (χ1v) is 8.53. The summed E-state index contributed by atoms with van der Waals surface area (Å²) in [4.78, 5) is 25.3. The third-order valence-corrected chi connectivity index (χ3v) is 4.49. The maximum Gasteiger partial charge on any atom is 0.414 e. The van der Waals surface area contributed by atoms with Gasteiger partial charge in [0.15, 0.2) is 0 Å². The third-order valence-electron chi connectivity index (χ3n) is 3.87. The van der Waals surface area contributed by atoms with Crippen molar-refractivity contribution in [3.63, 3.8) is 0 Å². The van der Waals surface area contributed by atoms with E-state index in [0.717, 1.165) is 21.5 Å². The number of benzene rings is 2. The van der Waals surface area contributed by atoms with Gasteiger partial charge in [-0.2, -0.15) is 0 Å². The Morgan fingerprint density at radius 3 is 2.64 bits per heavy atom. The van der Waals surface area contributed by atoms with Gasteiger partial charge in [-0.1, -0.05) is 6.07 Å². The summed E-state index contributed by atoms with van der Waals surface area (Å²) in [5, 5.41) is 2.87. The van der Waals surface area contributed by atoms with Gasteiger partial charge < -0.3 is 14.8 Å². The van der Waals surface area contributed by atoms with Crippen molar-refractivity contribution in [2.24, 2.45) is 0 Å². The van der Waals surface area contributed by atoms with Gasteiger partial charge in [-0.3, -0.25) is 9.69 Å². The van der Waals surface area contributed by atoms with Gasteiger partial charge in [0.25, 0.3) is 5.91 Å². The van der Waals surface area contributed by atoms with E-state index in [1.807, 2.05) is 18.2 Å². The quantitative estimate of drug-likeness (QED) is 0.829. The number of cyclic esters (lactones) is 1. The van der Waals surface area contributed by atoms with Crippen molar-refractivity contribution in [2.75, 3.05) is 25.2 Å². The Labute approximate surface area is 153 Å². The van der Waals surface area contributed by atoms with Crippen LogP contribution in [0.5, 0.6) is 5.75 Å². The van der Waals surface area contributed by atoms with Crippen LogP contribution in [0.1, 0.15) is 15.9 Å². The molecular formula is C18H17BrN2O4. The molecule has 1 saturated heterocycles. The fourth-order valence-corrected chi connectivity index (χ4v) is 3.11. The van der Waals surface area contributed by atoms with Crippen molar-refractivity contribution in [1.82, 2.24) is 5.32 Å². The lowest BCUT2D eigenvalue weighted by Gasteiger charge is -2.13. The fourth-order valence-electron chi connectivity index (χ4n) is 2.52. The highest BCUT2D eigenvalue weighted by Crippen LogP contribution is 2.25. The first kappa shape index (κ1) is 17.3. The van der Waals surface area contributed by atoms with Crippen LogP contribution in [-0.4, -0.2) is 32.3 Å². The van der Waals surface area contributed by atoms with E-state index in [1.54, 1.807) is 31.4 Å². The van der Waals surface area contributed by atoms with Gasteiger partial charge in [0, 0.05) is 17.8 Å². The monoisotopic (exact) mass is 404 g/mol. The lowest BCUT2D eigenvalue weighted by Crippen LogP contribution is -2.24. The molecule has 1 aliphatic rings. The van der Waals surface area contributed by atoms with E-state index < -0.39 is 0 Å². The zero-order valence-electron chi connectivity index (χ0n) is 13.6. The van der Waals surface area contributed by atoms with Crippen LogP contribution in [0.2, 0.25) is 0 Å². The molecule has 3 rings (SSSR count). The van der Waals surface area contributed by atoms with E-state index in [0.29, 0.717) is 25.3 Å². The molecule has 0 unspecified atom stereocenters. The zero-order valence-corrected chi connectivity index (χ0v) is 15.2. The number of methoxy groups -OCH3 is 1. The summed E-state index contributed by atoms with van der Waals surface area (Å²) in [6, 6.07) is 12.5. The van der Waals surface area contributed by atoms with Crippen LogP contribution < -0.4 is 15.0 Å². The van der Waals surface area contributed by atoms with Crippen LogP contribution >= 0.6 is 15.9 Å². The SMILES string of the molecule is COc1ccc(CNC(=O)c2ccc(N3CCOC3=O)cc2)cc1Br. The largest absolute Gasteiger partial charge is 0.496 e. The van der Waals surface area contributed by atoms with Crippen molar-refractivity contribution >= 4 is 33.6 Å². The molecule has 1 fully saturated rings. The van der Waals surface area contributed by atoms with Crippen LogP contribution in [0.4, 0.5) is 10.5 Å². The van der Waals surface area contributed by atoms with Gasteiger partial charge >= 0.3 is 6.09 Å². The molecule has 25 heavy (non-hydrogen) atoms. The molecule has 0 saturated carbocycles. The number of amides is 2. The Hall–Kier alpha value is -2.54. The Morgan fingerprint density at radius 1 is 1.28 bits per heavy atom. The Balaban J connectivity index is 1.61. The van der Waals surface area contributed by atoms with E-state index in [1.165, 1.54) is 4.90 Å². The van der Waals surface area contributed by atoms with Crippen LogP contribution in [0, 0.1) is 0 Å². The average Bonchev–Trinajstić information content (AvgIpc) is 3.06. The molecule has 7 heteroatoms. The van der Waals surface area contributed by atoms with Crippen molar-refractivity contribution in [1.29, 1.82) is 0 Å². The van der Waals surface area contributed by atoms with Gasteiger partial charge in [0.2, 0.25) is 0 Å². The van der Waals surface area contributed by atoms with Crippen LogP contribution in [0.25, 0.3) is 0 Å². The van der Waals surface area contributed by atoms with Gasteiger partial charge in [-0.15, -0.1) is 0 Å². The molecule has 1 aliphatic heterocycles. The predicted octanol–water partition coefficient (Wildman–Crippen LogP) is 3.34. The van der Waals surface area contributed by atoms with E-state index in [4.69, 9.17) is 9.47 Å². The van der Waals surface area contributed by atoms with Crippen LogP contribution in [0.3, 0.4) is 0 Å². The highest BCUT2D eigenvalue weighted by molar-refractivity contribution is 9.10. The topological polar surface area (TPSA) is 67.9 Å². The molecule has 6 nitrogen and oxygen atoms in total. The minimum absolute atomic E-state index is 0.178. The van der Waals surface area contributed by atoms with Crippen LogP contribution in [0.15, 0.2) is 46.9 Å². The summed E-state index contributed by atoms with van der Waals surface area (Å²) in [5.74, 6) is 0.564. The number of hydrogen-bond donors (Lipinski definition) is 1. The average molecular weight is 405 g/mol. The molecule has 0 radical (unpaired) electrons. The molecule has 0 atom stereocenters. The molecule has 2 aromatic carbocycles. The smallest absolute Gasteiger partial charge is 0.414 e. The van der Waals surface area contributed by atoms with E-state index >= 15 is 0 Å². The lowest BCUT2D eigenvalue weighted by molar-refractivity contribution is 0.0951. The summed E-state index contributed by atoms with van der Waals surface area (Å²) >= 11 is 3.42. The molecule has 1 heterocycles. The summed E-state index contributed by atoms with van der Waals surface area (Å²) in [6.45, 7) is 1.32. The Kier molecular flexibility index (Phi) is 5.23. The summed E-state index contributed by atoms with van der Waals surface area (Å²) in [7, 11) is 1.60.